The summed E-state index contributed by atoms with van der Waals surface area (Å²) in [6, 6.07) is 12.8. The molecule has 156 valence electrons. The molecule has 0 heterocycles. The van der Waals surface area contributed by atoms with Crippen LogP contribution in [0.25, 0.3) is 0 Å². The molecule has 0 aliphatic heterocycles. The Balaban J connectivity index is 2.08. The summed E-state index contributed by atoms with van der Waals surface area (Å²) in [4.78, 5) is 24.2. The van der Waals surface area contributed by atoms with Gasteiger partial charge in [0.1, 0.15) is 5.75 Å². The highest BCUT2D eigenvalue weighted by molar-refractivity contribution is 7.92. The van der Waals surface area contributed by atoms with E-state index in [1.54, 1.807) is 49.4 Å². The Kier molecular flexibility index (Phi) is 7.22. The first-order valence-electron chi connectivity index (χ1n) is 8.85. The molecule has 0 saturated heterocycles. The summed E-state index contributed by atoms with van der Waals surface area (Å²) < 4.78 is 34.8. The number of benzene rings is 2. The van der Waals surface area contributed by atoms with Crippen LogP contribution in [0.15, 0.2) is 48.5 Å². The van der Waals surface area contributed by atoms with Gasteiger partial charge >= 0.3 is 5.97 Å². The molecule has 0 aliphatic carbocycles. The average Bonchev–Trinajstić information content (AvgIpc) is 2.70. The summed E-state index contributed by atoms with van der Waals surface area (Å²) >= 11 is 0. The first-order chi connectivity index (χ1) is 13.7. The number of sulfonamides is 1. The third-order valence-electron chi connectivity index (χ3n) is 4.19. The Morgan fingerprint density at radius 1 is 1.14 bits per heavy atom. The van der Waals surface area contributed by atoms with Gasteiger partial charge in [-0.3, -0.25) is 9.10 Å². The summed E-state index contributed by atoms with van der Waals surface area (Å²) in [5.41, 5.74) is 1.26. The van der Waals surface area contributed by atoms with E-state index >= 15 is 0 Å². The minimum absolute atomic E-state index is 0.324. The number of carbonyl (C=O) groups is 2. The summed E-state index contributed by atoms with van der Waals surface area (Å²) in [5.74, 6) is -0.434. The first-order valence-corrected chi connectivity index (χ1v) is 10.7. The number of rotatable bonds is 8. The Morgan fingerprint density at radius 3 is 2.34 bits per heavy atom. The molecule has 0 fully saturated rings. The van der Waals surface area contributed by atoms with E-state index in [2.05, 4.69) is 10.1 Å². The molecule has 29 heavy (non-hydrogen) atoms. The number of amides is 1. The Labute approximate surface area is 170 Å². The third-order valence-corrected chi connectivity index (χ3v) is 5.40. The highest BCUT2D eigenvalue weighted by Gasteiger charge is 2.20. The van der Waals surface area contributed by atoms with Crippen LogP contribution < -0.4 is 14.4 Å². The van der Waals surface area contributed by atoms with E-state index in [1.165, 1.54) is 20.2 Å². The summed E-state index contributed by atoms with van der Waals surface area (Å²) in [6.45, 7) is 1.81. The zero-order chi connectivity index (χ0) is 21.6. The van der Waals surface area contributed by atoms with E-state index in [1.807, 2.05) is 0 Å². The Morgan fingerprint density at radius 2 is 1.79 bits per heavy atom. The van der Waals surface area contributed by atoms with Crippen LogP contribution in [0, 0.1) is 0 Å². The van der Waals surface area contributed by atoms with Crippen molar-refractivity contribution in [2.24, 2.45) is 0 Å². The molecule has 1 amide bonds. The molecule has 0 saturated carbocycles. The van der Waals surface area contributed by atoms with E-state index in [4.69, 9.17) is 4.74 Å². The SMILES string of the molecule is CC[C@@H](Oc1ccc(N(C)S(C)(=O)=O)cc1)C(=O)Nc1cccc(C(=O)OC)c1. The van der Waals surface area contributed by atoms with Crippen LogP contribution in [0.4, 0.5) is 11.4 Å². The number of nitrogens with zero attached hydrogens (tertiary/aromatic N) is 1. The molecule has 1 N–H and O–H groups in total. The highest BCUT2D eigenvalue weighted by Crippen LogP contribution is 2.22. The van der Waals surface area contributed by atoms with Gasteiger partial charge in [0.25, 0.3) is 5.91 Å². The number of hydrogen-bond acceptors (Lipinski definition) is 6. The fourth-order valence-electron chi connectivity index (χ4n) is 2.48. The number of ether oxygens (including phenoxy) is 2. The second-order valence-corrected chi connectivity index (χ2v) is 8.31. The molecule has 0 radical (unpaired) electrons. The van der Waals surface area contributed by atoms with Crippen molar-refractivity contribution in [1.29, 1.82) is 0 Å². The largest absolute Gasteiger partial charge is 0.481 e. The van der Waals surface area contributed by atoms with Gasteiger partial charge < -0.3 is 14.8 Å². The first kappa shape index (κ1) is 22.2. The number of methoxy groups -OCH3 is 1. The molecular weight excluding hydrogens is 396 g/mol. The van der Waals surface area contributed by atoms with Gasteiger partial charge in [0, 0.05) is 12.7 Å². The quantitative estimate of drug-likeness (QED) is 0.659. The molecule has 8 nitrogen and oxygen atoms in total. The summed E-state index contributed by atoms with van der Waals surface area (Å²) in [5, 5.41) is 2.72. The van der Waals surface area contributed by atoms with E-state index in [0.717, 1.165) is 10.6 Å². The second-order valence-electron chi connectivity index (χ2n) is 6.30. The van der Waals surface area contributed by atoms with Crippen LogP contribution in [0.1, 0.15) is 23.7 Å². The van der Waals surface area contributed by atoms with Crippen molar-refractivity contribution in [2.75, 3.05) is 30.0 Å². The molecule has 2 aromatic carbocycles. The predicted octanol–water partition coefficient (Wildman–Crippen LogP) is 2.67. The molecule has 2 rings (SSSR count). The summed E-state index contributed by atoms with van der Waals surface area (Å²) in [6.07, 6.45) is 0.757. The molecule has 0 spiro atoms. The molecule has 1 atom stereocenters. The normalized spacial score (nSPS) is 12.0. The van der Waals surface area contributed by atoms with Crippen LogP contribution in [-0.2, 0) is 19.6 Å². The maximum absolute atomic E-state index is 12.6. The van der Waals surface area contributed by atoms with Gasteiger partial charge in [0.2, 0.25) is 10.0 Å². The van der Waals surface area contributed by atoms with Crippen molar-refractivity contribution in [3.8, 4) is 5.75 Å². The number of carbonyl (C=O) groups excluding carboxylic acids is 2. The van der Waals surface area contributed by atoms with Gasteiger partial charge in [-0.15, -0.1) is 0 Å². The molecule has 0 aliphatic rings. The smallest absolute Gasteiger partial charge is 0.337 e. The van der Waals surface area contributed by atoms with E-state index < -0.39 is 22.1 Å². The predicted molar refractivity (Wildman–Crippen MR) is 111 cm³/mol. The van der Waals surface area contributed by atoms with Gasteiger partial charge in [-0.2, -0.15) is 0 Å². The lowest BCUT2D eigenvalue weighted by Gasteiger charge is -2.19. The lowest BCUT2D eigenvalue weighted by Crippen LogP contribution is -2.32. The van der Waals surface area contributed by atoms with Crippen LogP contribution in [-0.4, -0.2) is 46.8 Å². The number of hydrogen-bond donors (Lipinski definition) is 1. The van der Waals surface area contributed by atoms with E-state index in [-0.39, 0.29) is 5.91 Å². The number of esters is 1. The standard InChI is InChI=1S/C20H24N2O6S/c1-5-18(19(23)21-15-8-6-7-14(13-15)20(24)27-3)28-17-11-9-16(10-12-17)22(2)29(4,25)26/h6-13,18H,5H2,1-4H3,(H,21,23)/t18-/m1/s1. The Hall–Kier alpha value is -3.07. The lowest BCUT2D eigenvalue weighted by molar-refractivity contribution is -0.122. The van der Waals surface area contributed by atoms with Crippen LogP contribution in [0.5, 0.6) is 5.75 Å². The van der Waals surface area contributed by atoms with Crippen molar-refractivity contribution < 1.29 is 27.5 Å². The zero-order valence-corrected chi connectivity index (χ0v) is 17.5. The molecule has 9 heteroatoms. The van der Waals surface area contributed by atoms with Crippen molar-refractivity contribution >= 4 is 33.3 Å². The lowest BCUT2D eigenvalue weighted by atomic mass is 10.2. The minimum atomic E-state index is -3.36. The van der Waals surface area contributed by atoms with E-state index in [0.29, 0.717) is 29.1 Å². The van der Waals surface area contributed by atoms with Crippen LogP contribution >= 0.6 is 0 Å². The number of anilines is 2. The second kappa shape index (κ2) is 9.42. The molecule has 2 aromatic rings. The van der Waals surface area contributed by atoms with Crippen LogP contribution in [0.3, 0.4) is 0 Å². The minimum Gasteiger partial charge on any atom is -0.481 e. The molecular formula is C20H24N2O6S. The van der Waals surface area contributed by atoms with Crippen molar-refractivity contribution in [3.05, 3.63) is 54.1 Å². The van der Waals surface area contributed by atoms with Crippen molar-refractivity contribution in [3.63, 3.8) is 0 Å². The maximum atomic E-state index is 12.6. The van der Waals surface area contributed by atoms with Gasteiger partial charge in [0.15, 0.2) is 6.10 Å². The van der Waals surface area contributed by atoms with Gasteiger partial charge in [-0.25, -0.2) is 13.2 Å². The van der Waals surface area contributed by atoms with Gasteiger partial charge in [-0.05, 0) is 48.9 Å². The number of nitrogens with one attached hydrogen (secondary N) is 1. The fourth-order valence-corrected chi connectivity index (χ4v) is 2.98. The maximum Gasteiger partial charge on any atom is 0.337 e. The third kappa shape index (κ3) is 5.95. The van der Waals surface area contributed by atoms with Gasteiger partial charge in [-0.1, -0.05) is 13.0 Å². The average molecular weight is 420 g/mol. The van der Waals surface area contributed by atoms with Gasteiger partial charge in [0.05, 0.1) is 24.6 Å². The van der Waals surface area contributed by atoms with E-state index in [9.17, 15) is 18.0 Å². The highest BCUT2D eigenvalue weighted by atomic mass is 32.2. The topological polar surface area (TPSA) is 102 Å². The van der Waals surface area contributed by atoms with Crippen molar-refractivity contribution in [2.45, 2.75) is 19.4 Å². The monoisotopic (exact) mass is 420 g/mol. The van der Waals surface area contributed by atoms with Crippen LogP contribution in [0.2, 0.25) is 0 Å². The zero-order valence-electron chi connectivity index (χ0n) is 16.7. The van der Waals surface area contributed by atoms with Crippen molar-refractivity contribution in [1.82, 2.24) is 0 Å². The Bertz CT molecular complexity index is 973. The fraction of sp³-hybridized carbons (Fsp3) is 0.300. The molecule has 0 bridgehead atoms. The summed E-state index contributed by atoms with van der Waals surface area (Å²) in [7, 11) is -0.621. The molecule has 0 unspecified atom stereocenters. The molecule has 0 aromatic heterocycles.